The van der Waals surface area contributed by atoms with Crippen LogP contribution in [0, 0.1) is 11.8 Å². The number of nitrogens with zero attached hydrogens (tertiary/aromatic N) is 6. The Morgan fingerprint density at radius 3 is 1.26 bits per heavy atom. The largest absolute Gasteiger partial charge is 0.444 e. The summed E-state index contributed by atoms with van der Waals surface area (Å²) in [5.41, 5.74) is 4.16. The monoisotopic (exact) mass is 817 g/mol. The van der Waals surface area contributed by atoms with Crippen molar-refractivity contribution in [1.29, 1.82) is 0 Å². The van der Waals surface area contributed by atoms with Crippen LogP contribution in [0.15, 0.2) is 12.4 Å². The van der Waals surface area contributed by atoms with Gasteiger partial charge in [-0.2, -0.15) is 10.2 Å². The van der Waals surface area contributed by atoms with Crippen LogP contribution < -0.4 is 0 Å². The molecule has 0 aliphatic heterocycles. The van der Waals surface area contributed by atoms with Crippen molar-refractivity contribution in [2.24, 2.45) is 11.8 Å². The summed E-state index contributed by atoms with van der Waals surface area (Å²) < 4.78 is 22.0. The summed E-state index contributed by atoms with van der Waals surface area (Å²) in [6.45, 7) is 23.3. The Labute approximate surface area is 350 Å². The van der Waals surface area contributed by atoms with Crippen LogP contribution in [-0.4, -0.2) is 144 Å². The first-order valence-electron chi connectivity index (χ1n) is 21.8. The molecule has 14 nitrogen and oxygen atoms in total. The quantitative estimate of drug-likeness (QED) is 0.152. The molecule has 0 radical (unpaired) electrons. The number of rotatable bonds is 18. The molecule has 0 unspecified atom stereocenters. The van der Waals surface area contributed by atoms with Gasteiger partial charge in [-0.05, 0) is 133 Å². The van der Waals surface area contributed by atoms with Crippen molar-refractivity contribution >= 4 is 12.2 Å². The van der Waals surface area contributed by atoms with Crippen molar-refractivity contribution in [1.82, 2.24) is 40.0 Å². The van der Waals surface area contributed by atoms with Gasteiger partial charge in [0.25, 0.3) is 0 Å². The molecule has 2 amide bonds. The zero-order chi connectivity index (χ0) is 42.9. The smallest absolute Gasteiger partial charge is 0.410 e. The molecular weight excluding hydrogens is 737 g/mol. The third-order valence-electron chi connectivity index (χ3n) is 11.1. The van der Waals surface area contributed by atoms with Crippen LogP contribution >= 0.6 is 0 Å². The van der Waals surface area contributed by atoms with Gasteiger partial charge in [0.05, 0.1) is 12.4 Å². The molecule has 2 N–H and O–H groups in total. The number of carbonyl (C=O) groups excluding carboxylic acids is 2. The zero-order valence-electron chi connectivity index (χ0n) is 38.3. The first-order valence-corrected chi connectivity index (χ1v) is 21.8. The topological polar surface area (TPSA) is 141 Å². The Bertz CT molecular complexity index is 1340. The molecule has 0 bridgehead atoms. The van der Waals surface area contributed by atoms with Gasteiger partial charge in [0.2, 0.25) is 0 Å². The first-order chi connectivity index (χ1) is 27.4. The average Bonchev–Trinajstić information content (AvgIpc) is 3.83. The second kappa shape index (κ2) is 24.2. The van der Waals surface area contributed by atoms with Crippen molar-refractivity contribution in [3.63, 3.8) is 0 Å². The standard InChI is InChI=1S/2C22H40N4O3/c2*1-7-28-16-17-8-10-18(11-9-17)20-19(14-23-24-20)15-25(5)12-13-26(6)21(27)29-22(2,3)4/h2*14,17-18H,7-13,15-16H2,1-6H3,(H,23,24). The summed E-state index contributed by atoms with van der Waals surface area (Å²) >= 11 is 0. The lowest BCUT2D eigenvalue weighted by Gasteiger charge is -2.29. The number of aromatic amines is 2. The van der Waals surface area contributed by atoms with E-state index in [9.17, 15) is 9.59 Å². The van der Waals surface area contributed by atoms with E-state index in [1.807, 2.05) is 53.9 Å². The van der Waals surface area contributed by atoms with Gasteiger partial charge in [0.15, 0.2) is 0 Å². The molecular formula is C44H80N8O6. The maximum absolute atomic E-state index is 12.1. The second-order valence-corrected chi connectivity index (χ2v) is 18.7. The molecule has 14 heteroatoms. The minimum absolute atomic E-state index is 0.279. The van der Waals surface area contributed by atoms with E-state index in [2.05, 4.69) is 58.1 Å². The molecule has 332 valence electrons. The van der Waals surface area contributed by atoms with Crippen molar-refractivity contribution in [3.8, 4) is 0 Å². The van der Waals surface area contributed by atoms with Gasteiger partial charge in [-0.25, -0.2) is 9.59 Å². The lowest BCUT2D eigenvalue weighted by atomic mass is 9.80. The molecule has 4 rings (SSSR count). The van der Waals surface area contributed by atoms with E-state index in [4.69, 9.17) is 18.9 Å². The number of hydrogen-bond donors (Lipinski definition) is 2. The van der Waals surface area contributed by atoms with Crippen molar-refractivity contribution in [2.45, 2.75) is 143 Å². The summed E-state index contributed by atoms with van der Waals surface area (Å²) in [6.07, 6.45) is 13.0. The number of amides is 2. The number of ether oxygens (including phenoxy) is 4. The SMILES string of the molecule is CCOCC1CCC(c2[nH]ncc2CN(C)CCN(C)C(=O)OC(C)(C)C)CC1.CCOCC1CCC(c2[nH]ncc2CN(C)CCN(C)C(=O)OC(C)(C)C)CC1. The van der Waals surface area contributed by atoms with Gasteiger partial charge >= 0.3 is 12.2 Å². The Morgan fingerprint density at radius 2 is 0.948 bits per heavy atom. The fraction of sp³-hybridized carbons (Fsp3) is 0.818. The molecule has 2 aliphatic carbocycles. The second-order valence-electron chi connectivity index (χ2n) is 18.7. The fourth-order valence-corrected chi connectivity index (χ4v) is 7.65. The predicted octanol–water partition coefficient (Wildman–Crippen LogP) is 8.04. The Balaban J connectivity index is 0.000000310. The van der Waals surface area contributed by atoms with Crippen molar-refractivity contribution in [3.05, 3.63) is 34.9 Å². The lowest BCUT2D eigenvalue weighted by Crippen LogP contribution is -2.38. The number of aromatic nitrogens is 4. The molecule has 0 atom stereocenters. The molecule has 2 aliphatic rings. The first kappa shape index (κ1) is 49.2. The van der Waals surface area contributed by atoms with Crippen LogP contribution in [0.25, 0.3) is 0 Å². The average molecular weight is 817 g/mol. The summed E-state index contributed by atoms with van der Waals surface area (Å²) in [7, 11) is 7.73. The normalized spacial score (nSPS) is 20.1. The van der Waals surface area contributed by atoms with E-state index in [1.165, 1.54) is 73.9 Å². The van der Waals surface area contributed by atoms with Crippen LogP contribution in [0.1, 0.15) is 141 Å². The van der Waals surface area contributed by atoms with Crippen LogP contribution in [0.2, 0.25) is 0 Å². The third-order valence-corrected chi connectivity index (χ3v) is 11.1. The third kappa shape index (κ3) is 18.0. The molecule has 2 aromatic heterocycles. The molecule has 2 saturated carbocycles. The van der Waals surface area contributed by atoms with Crippen LogP contribution in [0.3, 0.4) is 0 Å². The van der Waals surface area contributed by atoms with Gasteiger partial charge in [-0.1, -0.05) is 0 Å². The van der Waals surface area contributed by atoms with Crippen LogP contribution in [0.5, 0.6) is 0 Å². The van der Waals surface area contributed by atoms with Gasteiger partial charge in [-0.3, -0.25) is 10.2 Å². The summed E-state index contributed by atoms with van der Waals surface area (Å²) in [4.78, 5) is 31.9. The molecule has 0 spiro atoms. The minimum Gasteiger partial charge on any atom is -0.444 e. The van der Waals surface area contributed by atoms with E-state index in [0.29, 0.717) is 36.8 Å². The minimum atomic E-state index is -0.468. The summed E-state index contributed by atoms with van der Waals surface area (Å²) in [5, 5.41) is 15.2. The van der Waals surface area contributed by atoms with Gasteiger partial charge in [-0.15, -0.1) is 0 Å². The van der Waals surface area contributed by atoms with Gasteiger partial charge < -0.3 is 38.5 Å². The van der Waals surface area contributed by atoms with Crippen molar-refractivity contribution in [2.75, 3.05) is 80.8 Å². The van der Waals surface area contributed by atoms with E-state index in [1.54, 1.807) is 23.9 Å². The van der Waals surface area contributed by atoms with E-state index < -0.39 is 11.2 Å². The Morgan fingerprint density at radius 1 is 0.603 bits per heavy atom. The number of H-pyrrole nitrogens is 2. The van der Waals surface area contributed by atoms with E-state index >= 15 is 0 Å². The van der Waals surface area contributed by atoms with Crippen LogP contribution in [-0.2, 0) is 32.0 Å². The van der Waals surface area contributed by atoms with E-state index in [0.717, 1.165) is 52.6 Å². The highest BCUT2D eigenvalue weighted by atomic mass is 16.6. The number of hydrogen-bond acceptors (Lipinski definition) is 10. The highest BCUT2D eigenvalue weighted by molar-refractivity contribution is 5.68. The molecule has 2 aromatic rings. The molecule has 0 aromatic carbocycles. The van der Waals surface area contributed by atoms with Crippen molar-refractivity contribution < 1.29 is 28.5 Å². The summed E-state index contributed by atoms with van der Waals surface area (Å²) in [5.74, 6) is 2.51. The zero-order valence-corrected chi connectivity index (χ0v) is 38.3. The molecule has 2 heterocycles. The number of nitrogens with one attached hydrogen (secondary N) is 2. The predicted molar refractivity (Wildman–Crippen MR) is 230 cm³/mol. The fourth-order valence-electron chi connectivity index (χ4n) is 7.65. The Hall–Kier alpha value is -3.20. The lowest BCUT2D eigenvalue weighted by molar-refractivity contribution is 0.0276. The molecule has 0 saturated heterocycles. The van der Waals surface area contributed by atoms with E-state index in [-0.39, 0.29) is 12.2 Å². The number of likely N-dealkylation sites (N-methyl/N-ethyl adjacent to an activating group) is 4. The van der Waals surface area contributed by atoms with Gasteiger partial charge in [0, 0.05) is 114 Å². The molecule has 58 heavy (non-hydrogen) atoms. The van der Waals surface area contributed by atoms with Gasteiger partial charge in [0.1, 0.15) is 11.2 Å². The summed E-state index contributed by atoms with van der Waals surface area (Å²) in [6, 6.07) is 0. The highest BCUT2D eigenvalue weighted by Gasteiger charge is 2.28. The molecule has 2 fully saturated rings. The highest BCUT2D eigenvalue weighted by Crippen LogP contribution is 2.37. The maximum atomic E-state index is 12.1. The van der Waals surface area contributed by atoms with Crippen LogP contribution in [0.4, 0.5) is 9.59 Å². The number of carbonyl (C=O) groups is 2. The maximum Gasteiger partial charge on any atom is 0.410 e. The Kier molecular flexibility index (Phi) is 20.5.